The summed E-state index contributed by atoms with van der Waals surface area (Å²) < 4.78 is 0. The minimum atomic E-state index is 0.0627. The zero-order valence-corrected chi connectivity index (χ0v) is 14.2. The Morgan fingerprint density at radius 2 is 1.82 bits per heavy atom. The second-order valence-corrected chi connectivity index (χ2v) is 6.90. The van der Waals surface area contributed by atoms with Gasteiger partial charge in [-0.15, -0.1) is 0 Å². The van der Waals surface area contributed by atoms with Gasteiger partial charge in [0.15, 0.2) is 0 Å². The first kappa shape index (κ1) is 16.9. The van der Waals surface area contributed by atoms with E-state index in [0.717, 1.165) is 11.3 Å². The number of hydrogen-bond donors (Lipinski definition) is 1. The lowest BCUT2D eigenvalue weighted by molar-refractivity contribution is -0.120. The number of halogens is 1. The highest BCUT2D eigenvalue weighted by molar-refractivity contribution is 7.99. The molecule has 0 aliphatic carbocycles. The van der Waals surface area contributed by atoms with Crippen LogP contribution >= 0.6 is 23.4 Å². The molecule has 2 aromatic rings. The second kappa shape index (κ2) is 8.86. The minimum Gasteiger partial charge on any atom is -0.352 e. The van der Waals surface area contributed by atoms with Crippen LogP contribution in [-0.4, -0.2) is 11.7 Å². The van der Waals surface area contributed by atoms with Crippen LogP contribution < -0.4 is 5.32 Å². The Labute approximate surface area is 141 Å². The van der Waals surface area contributed by atoms with Crippen LogP contribution in [0.2, 0.25) is 5.02 Å². The van der Waals surface area contributed by atoms with E-state index in [1.807, 2.05) is 42.5 Å². The number of rotatable bonds is 7. The molecule has 22 heavy (non-hydrogen) atoms. The van der Waals surface area contributed by atoms with Crippen molar-refractivity contribution in [2.75, 3.05) is 5.75 Å². The van der Waals surface area contributed by atoms with Gasteiger partial charge < -0.3 is 5.32 Å². The molecule has 0 radical (unpaired) electrons. The summed E-state index contributed by atoms with van der Waals surface area (Å²) in [6, 6.07) is 17.9. The lowest BCUT2D eigenvalue weighted by Crippen LogP contribution is -2.23. The van der Waals surface area contributed by atoms with Crippen LogP contribution in [0.25, 0.3) is 0 Å². The normalized spacial score (nSPS) is 11.9. The van der Waals surface area contributed by atoms with Gasteiger partial charge in [0.05, 0.1) is 0 Å². The SMILES string of the molecule is CC(SCCC(=O)NCc1ccccc1Cl)c1ccccc1. The Hall–Kier alpha value is -1.45. The third-order valence-electron chi connectivity index (χ3n) is 3.40. The zero-order chi connectivity index (χ0) is 15.8. The molecule has 0 spiro atoms. The molecule has 0 saturated heterocycles. The van der Waals surface area contributed by atoms with Crippen LogP contribution in [0.15, 0.2) is 54.6 Å². The highest BCUT2D eigenvalue weighted by Crippen LogP contribution is 2.28. The molecule has 4 heteroatoms. The van der Waals surface area contributed by atoms with Crippen LogP contribution in [0, 0.1) is 0 Å². The third kappa shape index (κ3) is 5.39. The maximum Gasteiger partial charge on any atom is 0.221 e. The molecule has 116 valence electrons. The summed E-state index contributed by atoms with van der Waals surface area (Å²) in [4.78, 5) is 11.9. The largest absolute Gasteiger partial charge is 0.352 e. The van der Waals surface area contributed by atoms with Gasteiger partial charge in [0, 0.05) is 29.0 Å². The Morgan fingerprint density at radius 1 is 1.14 bits per heavy atom. The van der Waals surface area contributed by atoms with Crippen LogP contribution in [0.3, 0.4) is 0 Å². The summed E-state index contributed by atoms with van der Waals surface area (Å²) in [6.07, 6.45) is 0.520. The number of amides is 1. The summed E-state index contributed by atoms with van der Waals surface area (Å²) in [5.41, 5.74) is 2.24. The predicted octanol–water partition coefficient (Wildman–Crippen LogP) is 4.84. The Kier molecular flexibility index (Phi) is 6.81. The van der Waals surface area contributed by atoms with E-state index in [2.05, 4.69) is 24.4 Å². The monoisotopic (exact) mass is 333 g/mol. The fourth-order valence-electron chi connectivity index (χ4n) is 2.07. The highest BCUT2D eigenvalue weighted by atomic mass is 35.5. The molecular formula is C18H20ClNOS. The van der Waals surface area contributed by atoms with Gasteiger partial charge >= 0.3 is 0 Å². The fraction of sp³-hybridized carbons (Fsp3) is 0.278. The molecule has 1 atom stereocenters. The van der Waals surface area contributed by atoms with Gasteiger partial charge in [-0.2, -0.15) is 11.8 Å². The molecule has 0 aliphatic rings. The topological polar surface area (TPSA) is 29.1 Å². The number of carbonyl (C=O) groups is 1. The summed E-state index contributed by atoms with van der Waals surface area (Å²) in [5, 5.41) is 4.01. The van der Waals surface area contributed by atoms with Crippen molar-refractivity contribution in [1.29, 1.82) is 0 Å². The van der Waals surface area contributed by atoms with Gasteiger partial charge in [-0.1, -0.05) is 60.1 Å². The summed E-state index contributed by atoms with van der Waals surface area (Å²) in [6.45, 7) is 2.65. The van der Waals surface area contributed by atoms with Crippen LogP contribution in [-0.2, 0) is 11.3 Å². The number of carbonyl (C=O) groups excluding carboxylic acids is 1. The second-order valence-electron chi connectivity index (χ2n) is 5.04. The van der Waals surface area contributed by atoms with Crippen molar-refractivity contribution in [1.82, 2.24) is 5.32 Å². The van der Waals surface area contributed by atoms with Gasteiger partial charge in [0.2, 0.25) is 5.91 Å². The van der Waals surface area contributed by atoms with Gasteiger partial charge in [-0.3, -0.25) is 4.79 Å². The zero-order valence-electron chi connectivity index (χ0n) is 12.6. The van der Waals surface area contributed by atoms with Crippen LogP contribution in [0.4, 0.5) is 0 Å². The first-order valence-corrected chi connectivity index (χ1v) is 8.76. The first-order valence-electron chi connectivity index (χ1n) is 7.33. The third-order valence-corrected chi connectivity index (χ3v) is 4.98. The van der Waals surface area contributed by atoms with E-state index >= 15 is 0 Å². The van der Waals surface area contributed by atoms with E-state index < -0.39 is 0 Å². The van der Waals surface area contributed by atoms with Crippen molar-refractivity contribution in [2.45, 2.75) is 25.1 Å². The number of thioether (sulfide) groups is 1. The van der Waals surface area contributed by atoms with Crippen molar-refractivity contribution < 1.29 is 4.79 Å². The van der Waals surface area contributed by atoms with Gasteiger partial charge in [0.1, 0.15) is 0 Å². The quantitative estimate of drug-likeness (QED) is 0.785. The maximum absolute atomic E-state index is 11.9. The molecule has 0 bridgehead atoms. The van der Waals surface area contributed by atoms with Crippen molar-refractivity contribution in [3.8, 4) is 0 Å². The van der Waals surface area contributed by atoms with E-state index in [1.54, 1.807) is 11.8 Å². The summed E-state index contributed by atoms with van der Waals surface area (Å²) in [7, 11) is 0. The highest BCUT2D eigenvalue weighted by Gasteiger charge is 2.08. The lowest BCUT2D eigenvalue weighted by Gasteiger charge is -2.11. The Morgan fingerprint density at radius 3 is 2.55 bits per heavy atom. The predicted molar refractivity (Wildman–Crippen MR) is 95.2 cm³/mol. The molecule has 2 nitrogen and oxygen atoms in total. The molecule has 0 aromatic heterocycles. The van der Waals surface area contributed by atoms with Crippen LogP contribution in [0.5, 0.6) is 0 Å². The lowest BCUT2D eigenvalue weighted by atomic mass is 10.2. The van der Waals surface area contributed by atoms with Crippen molar-refractivity contribution in [2.24, 2.45) is 0 Å². The smallest absolute Gasteiger partial charge is 0.221 e. The molecule has 0 saturated carbocycles. The molecular weight excluding hydrogens is 314 g/mol. The van der Waals surface area contributed by atoms with Gasteiger partial charge in [0.25, 0.3) is 0 Å². The van der Waals surface area contributed by atoms with E-state index in [0.29, 0.717) is 23.2 Å². The summed E-state index contributed by atoms with van der Waals surface area (Å²) in [5.74, 6) is 0.873. The first-order chi connectivity index (χ1) is 10.7. The Balaban J connectivity index is 1.69. The van der Waals surface area contributed by atoms with E-state index in [9.17, 15) is 4.79 Å². The minimum absolute atomic E-state index is 0.0627. The maximum atomic E-state index is 11.9. The molecule has 1 N–H and O–H groups in total. The molecule has 0 aliphatic heterocycles. The summed E-state index contributed by atoms with van der Waals surface area (Å²) >= 11 is 7.86. The van der Waals surface area contributed by atoms with E-state index in [1.165, 1.54) is 5.56 Å². The molecule has 1 unspecified atom stereocenters. The molecule has 0 heterocycles. The van der Waals surface area contributed by atoms with Crippen molar-refractivity contribution >= 4 is 29.3 Å². The van der Waals surface area contributed by atoms with Crippen molar-refractivity contribution in [3.05, 3.63) is 70.7 Å². The van der Waals surface area contributed by atoms with Gasteiger partial charge in [-0.25, -0.2) is 0 Å². The van der Waals surface area contributed by atoms with Gasteiger partial charge in [-0.05, 0) is 24.1 Å². The average Bonchev–Trinajstić information content (AvgIpc) is 2.55. The van der Waals surface area contributed by atoms with Crippen molar-refractivity contribution in [3.63, 3.8) is 0 Å². The standard InChI is InChI=1S/C18H20ClNOS/c1-14(15-7-3-2-4-8-15)22-12-11-18(21)20-13-16-9-5-6-10-17(16)19/h2-10,14H,11-13H2,1H3,(H,20,21). The molecule has 1 amide bonds. The number of benzene rings is 2. The van der Waals surface area contributed by atoms with E-state index in [-0.39, 0.29) is 5.91 Å². The number of nitrogens with one attached hydrogen (secondary N) is 1. The fourth-order valence-corrected chi connectivity index (χ4v) is 3.28. The molecule has 2 rings (SSSR count). The number of hydrogen-bond acceptors (Lipinski definition) is 2. The molecule has 2 aromatic carbocycles. The Bertz CT molecular complexity index is 603. The average molecular weight is 334 g/mol. The van der Waals surface area contributed by atoms with E-state index in [4.69, 9.17) is 11.6 Å². The van der Waals surface area contributed by atoms with Crippen LogP contribution in [0.1, 0.15) is 29.7 Å². The molecule has 0 fully saturated rings.